The van der Waals surface area contributed by atoms with Gasteiger partial charge in [0.15, 0.2) is 0 Å². The number of amides is 1. The van der Waals surface area contributed by atoms with Crippen LogP contribution < -0.4 is 5.32 Å². The van der Waals surface area contributed by atoms with E-state index < -0.39 is 20.0 Å². The van der Waals surface area contributed by atoms with Crippen LogP contribution in [0.15, 0.2) is 36.5 Å². The quantitative estimate of drug-likeness (QED) is 0.0243. The van der Waals surface area contributed by atoms with Crippen molar-refractivity contribution >= 4 is 13.7 Å². The van der Waals surface area contributed by atoms with Gasteiger partial charge in [0.2, 0.25) is 5.91 Å². The van der Waals surface area contributed by atoms with Gasteiger partial charge in [-0.2, -0.15) is 0 Å². The number of rotatable bonds is 78. The van der Waals surface area contributed by atoms with Crippen LogP contribution in [0, 0.1) is 0 Å². The molecule has 0 aliphatic carbocycles. The minimum atomic E-state index is -4.36. The maximum Gasteiger partial charge on any atom is 0.472 e. The molecule has 0 aromatic rings. The number of carbonyl (C=O) groups excluding carboxylic acids is 1. The Kier molecular flexibility index (Phi) is 72.9. The average molecular weight is 1320 g/mol. The molecule has 0 radical (unpaired) electrons. The number of likely N-dealkylation sites (N-methyl/N-ethyl adjacent to an activating group) is 1. The van der Waals surface area contributed by atoms with Crippen LogP contribution in [0.3, 0.4) is 0 Å². The molecule has 9 heteroatoms. The Balaban J connectivity index is 3.89. The minimum Gasteiger partial charge on any atom is -0.387 e. The summed E-state index contributed by atoms with van der Waals surface area (Å²) in [6.07, 6.45) is 101. The van der Waals surface area contributed by atoms with E-state index in [1.807, 2.05) is 27.2 Å². The first kappa shape index (κ1) is 90.7. The number of unbranched alkanes of at least 4 members (excludes halogenated alkanes) is 61. The molecule has 0 bridgehead atoms. The van der Waals surface area contributed by atoms with Crippen molar-refractivity contribution in [1.82, 2.24) is 5.32 Å². The molecule has 0 rings (SSSR count). The zero-order valence-electron chi connectivity index (χ0n) is 62.8. The number of hydrogen-bond acceptors (Lipinski definition) is 5. The lowest BCUT2D eigenvalue weighted by atomic mass is 10.0. The van der Waals surface area contributed by atoms with Crippen molar-refractivity contribution in [1.29, 1.82) is 0 Å². The molecule has 0 aliphatic rings. The number of allylic oxidation sites excluding steroid dienone is 5. The molecule has 0 saturated heterocycles. The van der Waals surface area contributed by atoms with Gasteiger partial charge in [0.1, 0.15) is 13.2 Å². The van der Waals surface area contributed by atoms with E-state index in [-0.39, 0.29) is 19.1 Å². The van der Waals surface area contributed by atoms with E-state index in [2.05, 4.69) is 43.5 Å². The fourth-order valence-corrected chi connectivity index (χ4v) is 13.7. The molecule has 8 nitrogen and oxygen atoms in total. The van der Waals surface area contributed by atoms with Crippen LogP contribution >= 0.6 is 7.82 Å². The predicted molar refractivity (Wildman–Crippen MR) is 406 cm³/mol. The summed E-state index contributed by atoms with van der Waals surface area (Å²) in [4.78, 5) is 23.5. The maximum atomic E-state index is 13.1. The molecule has 0 saturated carbocycles. The third kappa shape index (κ3) is 76.1. The van der Waals surface area contributed by atoms with Crippen LogP contribution in [0.2, 0.25) is 0 Å². The Morgan fingerprint density at radius 1 is 0.370 bits per heavy atom. The molecule has 0 spiro atoms. The Hall–Kier alpha value is -1.28. The van der Waals surface area contributed by atoms with Crippen molar-refractivity contribution in [2.24, 2.45) is 0 Å². The van der Waals surface area contributed by atoms with Gasteiger partial charge < -0.3 is 19.8 Å². The normalized spacial score (nSPS) is 13.6. The van der Waals surface area contributed by atoms with E-state index >= 15 is 0 Å². The summed E-state index contributed by atoms with van der Waals surface area (Å²) in [5.41, 5.74) is 0. The summed E-state index contributed by atoms with van der Waals surface area (Å²) in [5.74, 6) is -0.166. The summed E-state index contributed by atoms with van der Waals surface area (Å²) in [6.45, 7) is 4.88. The van der Waals surface area contributed by atoms with E-state index in [9.17, 15) is 19.4 Å². The Labute approximate surface area is 576 Å². The monoisotopic (exact) mass is 1320 g/mol. The molecule has 0 heterocycles. The molecule has 546 valence electrons. The highest BCUT2D eigenvalue weighted by atomic mass is 31.2. The summed E-state index contributed by atoms with van der Waals surface area (Å²) in [5, 5.41) is 14.1. The largest absolute Gasteiger partial charge is 0.472 e. The number of phosphoric ester groups is 1. The second-order valence-electron chi connectivity index (χ2n) is 29.9. The zero-order chi connectivity index (χ0) is 66.9. The van der Waals surface area contributed by atoms with Crippen LogP contribution in [-0.2, 0) is 18.4 Å². The molecule has 0 fully saturated rings. The Bertz CT molecular complexity index is 1600. The van der Waals surface area contributed by atoms with Crippen molar-refractivity contribution in [2.45, 2.75) is 450 Å². The number of nitrogens with zero attached hydrogens (tertiary/aromatic N) is 1. The highest BCUT2D eigenvalue weighted by Crippen LogP contribution is 2.43. The second-order valence-corrected chi connectivity index (χ2v) is 31.3. The summed E-state index contributed by atoms with van der Waals surface area (Å²) < 4.78 is 23.9. The van der Waals surface area contributed by atoms with Crippen LogP contribution in [0.5, 0.6) is 0 Å². The van der Waals surface area contributed by atoms with Crippen molar-refractivity contribution in [3.05, 3.63) is 36.5 Å². The van der Waals surface area contributed by atoms with Gasteiger partial charge in [-0.25, -0.2) is 4.57 Å². The van der Waals surface area contributed by atoms with Crippen molar-refractivity contribution in [3.63, 3.8) is 0 Å². The molecular formula is C83H164N2O6P+. The number of hydrogen-bond donors (Lipinski definition) is 3. The van der Waals surface area contributed by atoms with Gasteiger partial charge >= 0.3 is 7.82 Å². The highest BCUT2D eigenvalue weighted by molar-refractivity contribution is 7.47. The molecule has 92 heavy (non-hydrogen) atoms. The van der Waals surface area contributed by atoms with E-state index in [0.29, 0.717) is 17.4 Å². The minimum absolute atomic E-state index is 0.0646. The van der Waals surface area contributed by atoms with Gasteiger partial charge in [0.25, 0.3) is 0 Å². The molecular weight excluding hydrogens is 1150 g/mol. The van der Waals surface area contributed by atoms with Gasteiger partial charge in [-0.05, 0) is 51.4 Å². The predicted octanol–water partition coefficient (Wildman–Crippen LogP) is 27.1. The van der Waals surface area contributed by atoms with E-state index in [1.54, 1.807) is 6.08 Å². The lowest BCUT2D eigenvalue weighted by Gasteiger charge is -2.25. The summed E-state index contributed by atoms with van der Waals surface area (Å²) in [7, 11) is 1.60. The number of quaternary nitrogens is 1. The van der Waals surface area contributed by atoms with Crippen molar-refractivity contribution in [2.75, 3.05) is 40.9 Å². The lowest BCUT2D eigenvalue weighted by molar-refractivity contribution is -0.870. The smallest absolute Gasteiger partial charge is 0.387 e. The Morgan fingerprint density at radius 3 is 0.891 bits per heavy atom. The van der Waals surface area contributed by atoms with Gasteiger partial charge in [-0.15, -0.1) is 0 Å². The molecule has 1 amide bonds. The number of nitrogens with one attached hydrogen (secondary N) is 1. The van der Waals surface area contributed by atoms with Crippen LogP contribution in [0.4, 0.5) is 0 Å². The average Bonchev–Trinajstić information content (AvgIpc) is 2.63. The second kappa shape index (κ2) is 74.0. The molecule has 0 aromatic carbocycles. The van der Waals surface area contributed by atoms with Gasteiger partial charge in [0, 0.05) is 6.42 Å². The SMILES string of the molecule is CCCCCCC/C=C\C/C=C\CCCCCCCCCCCCCCCCCCCCCCCCCCCCCCCC(=O)NC(COP(=O)(O)OCC[N+](C)(C)C)C(O)/C=C/CCCCCCCCCCCCCCCCCCCCCCCCCCCCC. The first-order chi connectivity index (χ1) is 45.0. The van der Waals surface area contributed by atoms with E-state index in [0.717, 1.165) is 38.5 Å². The third-order valence-electron chi connectivity index (χ3n) is 19.4. The summed E-state index contributed by atoms with van der Waals surface area (Å²) in [6, 6.07) is -0.846. The van der Waals surface area contributed by atoms with Crippen molar-refractivity contribution in [3.8, 4) is 0 Å². The van der Waals surface area contributed by atoms with Crippen molar-refractivity contribution < 1.29 is 32.9 Å². The van der Waals surface area contributed by atoms with Crippen LogP contribution in [-0.4, -0.2) is 73.4 Å². The topological polar surface area (TPSA) is 105 Å². The molecule has 3 atom stereocenters. The number of aliphatic hydroxyl groups excluding tert-OH is 1. The van der Waals surface area contributed by atoms with Crippen LogP contribution in [0.1, 0.15) is 438 Å². The zero-order valence-corrected chi connectivity index (χ0v) is 63.7. The highest BCUT2D eigenvalue weighted by Gasteiger charge is 2.28. The first-order valence-corrected chi connectivity index (χ1v) is 42.9. The van der Waals surface area contributed by atoms with E-state index in [4.69, 9.17) is 9.05 Å². The third-order valence-corrected chi connectivity index (χ3v) is 20.3. The number of aliphatic hydroxyl groups is 1. The fraction of sp³-hybridized carbons (Fsp3) is 0.916. The van der Waals surface area contributed by atoms with Gasteiger partial charge in [-0.1, -0.05) is 416 Å². The van der Waals surface area contributed by atoms with E-state index in [1.165, 1.54) is 379 Å². The first-order valence-electron chi connectivity index (χ1n) is 41.4. The van der Waals surface area contributed by atoms with Gasteiger partial charge in [0.05, 0.1) is 39.9 Å². The summed E-state index contributed by atoms with van der Waals surface area (Å²) >= 11 is 0. The van der Waals surface area contributed by atoms with Crippen LogP contribution in [0.25, 0.3) is 0 Å². The maximum absolute atomic E-state index is 13.1. The van der Waals surface area contributed by atoms with Gasteiger partial charge in [-0.3, -0.25) is 13.8 Å². The number of phosphoric acid groups is 1. The molecule has 3 N–H and O–H groups in total. The molecule has 3 unspecified atom stereocenters. The molecule has 0 aliphatic heterocycles. The molecule has 0 aromatic heterocycles. The number of carbonyl (C=O) groups is 1. The lowest BCUT2D eigenvalue weighted by Crippen LogP contribution is -2.45. The Morgan fingerprint density at radius 2 is 0.620 bits per heavy atom. The standard InChI is InChI=1S/C83H163N2O6P/c1-6-8-10-12-14-16-18-20-22-24-26-28-30-32-34-36-37-38-39-40-41-42-43-44-45-46-47-49-51-53-55-57-59-61-63-65-67-69-71-73-75-77-83(87)84-81(80-91-92(88,89)90-79-78-85(3,4)5)82(86)76-74-72-70-68-66-64-62-60-58-56-54-52-50-48-35-33-31-29-27-25-23-21-19-17-15-13-11-9-7-2/h18,20,24,26,74,76,81-82,86H,6-17,19,21-23,25,27-73,75,77-80H2,1-5H3,(H-,84,87,88,89)/p+1/b20-18-,26-24-,76-74+. The fourth-order valence-electron chi connectivity index (χ4n) is 13.0.